The van der Waals surface area contributed by atoms with Gasteiger partial charge < -0.3 is 10.2 Å². The molecule has 2 aromatic rings. The molecule has 2 heterocycles. The summed E-state index contributed by atoms with van der Waals surface area (Å²) in [4.78, 5) is 6.78. The van der Waals surface area contributed by atoms with E-state index in [4.69, 9.17) is 0 Å². The molecule has 110 valence electrons. The maximum absolute atomic E-state index is 4.54. The van der Waals surface area contributed by atoms with Crippen LogP contribution in [-0.4, -0.2) is 36.6 Å². The van der Waals surface area contributed by atoms with Crippen molar-refractivity contribution in [2.75, 3.05) is 20.6 Å². The van der Waals surface area contributed by atoms with Gasteiger partial charge in [-0.2, -0.15) is 0 Å². The lowest BCUT2D eigenvalue weighted by Crippen LogP contribution is -2.43. The molecule has 0 aliphatic carbocycles. The van der Waals surface area contributed by atoms with Crippen LogP contribution in [0.3, 0.4) is 0 Å². The number of aromatic nitrogens is 1. The second kappa shape index (κ2) is 6.66. The average molecular weight is 291 g/mol. The Morgan fingerprint density at radius 1 is 1.30 bits per heavy atom. The Morgan fingerprint density at radius 3 is 2.70 bits per heavy atom. The molecule has 3 nitrogen and oxygen atoms in total. The average Bonchev–Trinajstić information content (AvgIpc) is 2.84. The number of nitrogens with zero attached hydrogens (tertiary/aromatic N) is 2. The summed E-state index contributed by atoms with van der Waals surface area (Å²) in [6.07, 6.45) is 2.00. The number of hydrogen-bond donors (Lipinski definition) is 1. The Hall–Kier alpha value is -0.970. The first-order valence-electron chi connectivity index (χ1n) is 7.21. The van der Waals surface area contributed by atoms with Crippen LogP contribution >= 0.6 is 11.3 Å². The number of hydrogen-bond acceptors (Lipinski definition) is 4. The van der Waals surface area contributed by atoms with Gasteiger partial charge in [-0.3, -0.25) is 4.98 Å². The quantitative estimate of drug-likeness (QED) is 0.882. The number of pyridine rings is 1. The lowest BCUT2D eigenvalue weighted by molar-refractivity contribution is 0.273. The molecule has 2 unspecified atom stereocenters. The van der Waals surface area contributed by atoms with Gasteiger partial charge >= 0.3 is 0 Å². The van der Waals surface area contributed by atoms with Crippen molar-refractivity contribution in [3.63, 3.8) is 0 Å². The smallest absolute Gasteiger partial charge is 0.0809 e. The molecule has 2 aromatic heterocycles. The first-order valence-corrected chi connectivity index (χ1v) is 8.09. The fraction of sp³-hybridized carbons (Fsp3) is 0.562. The van der Waals surface area contributed by atoms with E-state index in [0.29, 0.717) is 18.0 Å². The molecule has 0 aliphatic rings. The molecule has 0 saturated carbocycles. The van der Waals surface area contributed by atoms with Crippen molar-refractivity contribution in [3.05, 3.63) is 29.3 Å². The van der Waals surface area contributed by atoms with E-state index in [1.165, 1.54) is 10.3 Å². The lowest BCUT2D eigenvalue weighted by Gasteiger charge is -2.29. The second-order valence-electron chi connectivity index (χ2n) is 6.07. The van der Waals surface area contributed by atoms with Crippen LogP contribution < -0.4 is 5.32 Å². The summed E-state index contributed by atoms with van der Waals surface area (Å²) < 4.78 is 1.27. The fourth-order valence-electron chi connectivity index (χ4n) is 2.37. The third kappa shape index (κ3) is 3.78. The minimum Gasteiger partial charge on any atom is -0.308 e. The molecular formula is C16H25N3S. The van der Waals surface area contributed by atoms with Crippen molar-refractivity contribution in [1.29, 1.82) is 0 Å². The van der Waals surface area contributed by atoms with E-state index >= 15 is 0 Å². The molecule has 4 heteroatoms. The third-order valence-electron chi connectivity index (χ3n) is 3.65. The second-order valence-corrected chi connectivity index (χ2v) is 7.02. The summed E-state index contributed by atoms with van der Waals surface area (Å²) in [5.41, 5.74) is 2.36. The van der Waals surface area contributed by atoms with Gasteiger partial charge in [0.2, 0.25) is 0 Å². The molecule has 0 aliphatic heterocycles. The zero-order valence-corrected chi connectivity index (χ0v) is 13.9. The number of likely N-dealkylation sites (N-methyl/N-ethyl adjacent to an activating group) is 1. The van der Waals surface area contributed by atoms with Gasteiger partial charge in [-0.15, -0.1) is 11.3 Å². The van der Waals surface area contributed by atoms with E-state index in [1.807, 2.05) is 6.20 Å². The van der Waals surface area contributed by atoms with Crippen LogP contribution in [0.2, 0.25) is 0 Å². The van der Waals surface area contributed by atoms with E-state index in [-0.39, 0.29) is 0 Å². The van der Waals surface area contributed by atoms with Gasteiger partial charge in [-0.05, 0) is 50.0 Å². The molecule has 0 aromatic carbocycles. The Bertz CT molecular complexity index is 547. The summed E-state index contributed by atoms with van der Waals surface area (Å²) >= 11 is 1.76. The summed E-state index contributed by atoms with van der Waals surface area (Å²) in [5.74, 6) is 0.610. The fourth-order valence-corrected chi connectivity index (χ4v) is 3.15. The third-order valence-corrected chi connectivity index (χ3v) is 4.51. The van der Waals surface area contributed by atoms with Crippen molar-refractivity contribution in [3.8, 4) is 0 Å². The maximum Gasteiger partial charge on any atom is 0.0809 e. The van der Waals surface area contributed by atoms with Crippen LogP contribution in [0.1, 0.15) is 32.4 Å². The van der Waals surface area contributed by atoms with Crippen molar-refractivity contribution >= 4 is 21.6 Å². The minimum atomic E-state index is 0.321. The first-order chi connectivity index (χ1) is 9.47. The van der Waals surface area contributed by atoms with Crippen molar-refractivity contribution in [2.45, 2.75) is 32.9 Å². The normalized spacial score (nSPS) is 15.2. The number of thiophene rings is 1. The van der Waals surface area contributed by atoms with Crippen LogP contribution in [0.5, 0.6) is 0 Å². The van der Waals surface area contributed by atoms with Gasteiger partial charge in [0.1, 0.15) is 0 Å². The van der Waals surface area contributed by atoms with E-state index in [1.54, 1.807) is 11.3 Å². The highest BCUT2D eigenvalue weighted by Gasteiger charge is 2.18. The highest BCUT2D eigenvalue weighted by Crippen LogP contribution is 2.23. The van der Waals surface area contributed by atoms with Crippen molar-refractivity contribution < 1.29 is 0 Å². The zero-order chi connectivity index (χ0) is 14.7. The van der Waals surface area contributed by atoms with Gasteiger partial charge in [-0.25, -0.2) is 0 Å². The first kappa shape index (κ1) is 15.4. The van der Waals surface area contributed by atoms with E-state index in [2.05, 4.69) is 67.6 Å². The van der Waals surface area contributed by atoms with Crippen LogP contribution in [0.15, 0.2) is 23.7 Å². The summed E-state index contributed by atoms with van der Waals surface area (Å²) in [7, 11) is 4.25. The van der Waals surface area contributed by atoms with Crippen LogP contribution in [-0.2, 0) is 0 Å². The number of fused-ring (bicyclic) bond motifs is 1. The molecule has 0 saturated heterocycles. The predicted molar refractivity (Wildman–Crippen MR) is 88.4 cm³/mol. The molecule has 0 spiro atoms. The highest BCUT2D eigenvalue weighted by molar-refractivity contribution is 7.17. The molecule has 0 bridgehead atoms. The molecule has 20 heavy (non-hydrogen) atoms. The summed E-state index contributed by atoms with van der Waals surface area (Å²) in [6, 6.07) is 5.14. The molecule has 0 radical (unpaired) electrons. The van der Waals surface area contributed by atoms with E-state index in [9.17, 15) is 0 Å². The predicted octanol–water partition coefficient (Wildman–Crippen LogP) is 3.53. The Balaban J connectivity index is 2.10. The van der Waals surface area contributed by atoms with Gasteiger partial charge in [0.25, 0.3) is 0 Å². The van der Waals surface area contributed by atoms with Crippen molar-refractivity contribution in [1.82, 2.24) is 15.2 Å². The zero-order valence-electron chi connectivity index (χ0n) is 13.1. The summed E-state index contributed by atoms with van der Waals surface area (Å²) in [5, 5.41) is 5.84. The van der Waals surface area contributed by atoms with Gasteiger partial charge in [0.05, 0.1) is 10.2 Å². The monoisotopic (exact) mass is 291 g/mol. The SMILES string of the molecule is CC(NC(CN(C)C)C(C)C)c1cnc2ccsc2c1. The van der Waals surface area contributed by atoms with Gasteiger partial charge in [-0.1, -0.05) is 13.8 Å². The molecule has 0 amide bonds. The summed E-state index contributed by atoms with van der Waals surface area (Å²) in [6.45, 7) is 7.82. The molecular weight excluding hydrogens is 266 g/mol. The highest BCUT2D eigenvalue weighted by atomic mass is 32.1. The topological polar surface area (TPSA) is 28.2 Å². The molecule has 2 atom stereocenters. The molecule has 0 fully saturated rings. The Kier molecular flexibility index (Phi) is 5.13. The number of rotatable bonds is 6. The molecule has 2 rings (SSSR count). The van der Waals surface area contributed by atoms with E-state index < -0.39 is 0 Å². The number of nitrogens with one attached hydrogen (secondary N) is 1. The van der Waals surface area contributed by atoms with Gasteiger partial charge in [0.15, 0.2) is 0 Å². The molecule has 1 N–H and O–H groups in total. The van der Waals surface area contributed by atoms with Crippen LogP contribution in [0, 0.1) is 5.92 Å². The maximum atomic E-state index is 4.54. The van der Waals surface area contributed by atoms with Gasteiger partial charge in [0, 0.05) is 24.8 Å². The lowest BCUT2D eigenvalue weighted by atomic mass is 10.0. The minimum absolute atomic E-state index is 0.321. The Labute approximate surface area is 126 Å². The van der Waals surface area contributed by atoms with E-state index in [0.717, 1.165) is 12.1 Å². The largest absolute Gasteiger partial charge is 0.308 e. The van der Waals surface area contributed by atoms with Crippen LogP contribution in [0.4, 0.5) is 0 Å². The van der Waals surface area contributed by atoms with Crippen LogP contribution in [0.25, 0.3) is 10.2 Å². The van der Waals surface area contributed by atoms with Crippen molar-refractivity contribution in [2.24, 2.45) is 5.92 Å². The Morgan fingerprint density at radius 2 is 2.05 bits per heavy atom. The standard InChI is InChI=1S/C16H25N3S/c1-11(2)15(10-19(4)5)18-12(3)13-8-16-14(17-9-13)6-7-20-16/h6-9,11-12,15,18H,10H2,1-5H3.